The van der Waals surface area contributed by atoms with Gasteiger partial charge in [0.2, 0.25) is 10.0 Å². The normalized spacial score (nSPS) is 19.3. The molecule has 3 rings (SSSR count). The van der Waals surface area contributed by atoms with Gasteiger partial charge in [0.1, 0.15) is 5.54 Å². The number of carbonyl (C=O) groups excluding carboxylic acids is 2. The van der Waals surface area contributed by atoms with Crippen LogP contribution in [0.4, 0.5) is 0 Å². The molecule has 156 valence electrons. The van der Waals surface area contributed by atoms with Crippen LogP contribution in [0.1, 0.15) is 55.3 Å². The fourth-order valence-corrected chi connectivity index (χ4v) is 5.36. The zero-order valence-corrected chi connectivity index (χ0v) is 17.0. The summed E-state index contributed by atoms with van der Waals surface area (Å²) in [6.45, 7) is 0.418. The van der Waals surface area contributed by atoms with Crippen molar-refractivity contribution in [2.75, 3.05) is 19.7 Å². The molecule has 1 aliphatic carbocycles. The molecule has 1 saturated heterocycles. The second kappa shape index (κ2) is 8.93. The second-order valence-electron chi connectivity index (χ2n) is 7.52. The monoisotopic (exact) mass is 419 g/mol. The molecule has 0 unspecified atom stereocenters. The molecule has 0 radical (unpaired) electrons. The first-order valence-corrected chi connectivity index (χ1v) is 11.3. The van der Waals surface area contributed by atoms with Gasteiger partial charge >= 0.3 is 5.97 Å². The summed E-state index contributed by atoms with van der Waals surface area (Å²) in [5.74, 6) is -1.32. The summed E-state index contributed by atoms with van der Waals surface area (Å²) in [5.41, 5.74) is -0.836. The van der Waals surface area contributed by atoms with Gasteiger partial charge in [-0.3, -0.25) is 4.79 Å². The van der Waals surface area contributed by atoms with Crippen LogP contribution >= 0.6 is 0 Å². The van der Waals surface area contributed by atoms with Crippen LogP contribution in [0.15, 0.2) is 29.2 Å². The summed E-state index contributed by atoms with van der Waals surface area (Å²) in [6.07, 6.45) is 5.57. The van der Waals surface area contributed by atoms with Gasteiger partial charge in [0.25, 0.3) is 5.91 Å². The zero-order chi connectivity index (χ0) is 20.9. The molecule has 1 amide bonds. The number of nitrogens with one attached hydrogen (secondary N) is 1. The highest BCUT2D eigenvalue weighted by atomic mass is 32.2. The van der Waals surface area contributed by atoms with Crippen LogP contribution in [0.3, 0.4) is 0 Å². The summed E-state index contributed by atoms with van der Waals surface area (Å²) in [5, 5.41) is 12.1. The number of hydrogen-bond acceptors (Lipinski definition) is 6. The van der Waals surface area contributed by atoms with Crippen molar-refractivity contribution in [2.24, 2.45) is 0 Å². The minimum absolute atomic E-state index is 0.0314. The fourth-order valence-electron chi connectivity index (χ4n) is 3.80. The van der Waals surface area contributed by atoms with Gasteiger partial charge in [-0.25, -0.2) is 13.2 Å². The maximum atomic E-state index is 12.6. The molecular formula is C20H25N3O5S. The standard InChI is InChI=1S/C20H25N3O5S/c21-15-20(9-2-1-3-10-20)22-18(24)14-28-19(25)16-7-6-8-17(13-16)29(26,27)23-11-4-5-12-23/h6-8,13H,1-5,9-12,14H2,(H,22,24). The molecule has 1 aromatic carbocycles. The van der Waals surface area contributed by atoms with Gasteiger partial charge in [0.15, 0.2) is 6.61 Å². The van der Waals surface area contributed by atoms with Crippen LogP contribution in [-0.4, -0.2) is 49.8 Å². The number of nitriles is 1. The van der Waals surface area contributed by atoms with E-state index < -0.39 is 34.0 Å². The summed E-state index contributed by atoms with van der Waals surface area (Å²) in [4.78, 5) is 24.5. The van der Waals surface area contributed by atoms with E-state index in [2.05, 4.69) is 11.4 Å². The van der Waals surface area contributed by atoms with Crippen molar-refractivity contribution >= 4 is 21.9 Å². The summed E-state index contributed by atoms with van der Waals surface area (Å²) < 4.78 is 31.7. The van der Waals surface area contributed by atoms with Gasteiger partial charge in [0.05, 0.1) is 16.5 Å². The molecule has 0 bridgehead atoms. The van der Waals surface area contributed by atoms with Crippen LogP contribution < -0.4 is 5.32 Å². The molecule has 1 aliphatic heterocycles. The first-order valence-electron chi connectivity index (χ1n) is 9.86. The molecule has 2 aliphatic rings. The number of benzene rings is 1. The molecule has 2 fully saturated rings. The number of sulfonamides is 1. The third-order valence-electron chi connectivity index (χ3n) is 5.41. The third kappa shape index (κ3) is 4.95. The van der Waals surface area contributed by atoms with Gasteiger partial charge in [0, 0.05) is 13.1 Å². The lowest BCUT2D eigenvalue weighted by Crippen LogP contribution is -2.50. The molecule has 0 spiro atoms. The Hall–Kier alpha value is -2.44. The first-order chi connectivity index (χ1) is 13.9. The van der Waals surface area contributed by atoms with Gasteiger partial charge in [-0.15, -0.1) is 0 Å². The molecule has 1 heterocycles. The average molecular weight is 420 g/mol. The minimum atomic E-state index is -3.65. The van der Waals surface area contributed by atoms with Gasteiger partial charge in [-0.2, -0.15) is 9.57 Å². The van der Waals surface area contributed by atoms with Crippen molar-refractivity contribution in [1.82, 2.24) is 9.62 Å². The molecule has 1 saturated carbocycles. The van der Waals surface area contributed by atoms with E-state index in [1.165, 1.54) is 28.6 Å². The van der Waals surface area contributed by atoms with Crippen molar-refractivity contribution < 1.29 is 22.7 Å². The van der Waals surface area contributed by atoms with Gasteiger partial charge in [-0.1, -0.05) is 25.3 Å². The Morgan fingerprint density at radius 3 is 2.48 bits per heavy atom. The highest BCUT2D eigenvalue weighted by molar-refractivity contribution is 7.89. The van der Waals surface area contributed by atoms with Crippen molar-refractivity contribution in [3.63, 3.8) is 0 Å². The van der Waals surface area contributed by atoms with Crippen molar-refractivity contribution in [1.29, 1.82) is 5.26 Å². The maximum absolute atomic E-state index is 12.6. The Balaban J connectivity index is 1.61. The molecule has 9 heteroatoms. The second-order valence-corrected chi connectivity index (χ2v) is 9.46. The Morgan fingerprint density at radius 1 is 1.14 bits per heavy atom. The lowest BCUT2D eigenvalue weighted by molar-refractivity contribution is -0.125. The largest absolute Gasteiger partial charge is 0.452 e. The minimum Gasteiger partial charge on any atom is -0.452 e. The fraction of sp³-hybridized carbons (Fsp3) is 0.550. The SMILES string of the molecule is N#CC1(NC(=O)COC(=O)c2cccc(S(=O)(=O)N3CCCC3)c2)CCCCC1. The predicted molar refractivity (Wildman–Crippen MR) is 104 cm³/mol. The van der Waals surface area contributed by atoms with Gasteiger partial charge in [-0.05, 0) is 43.9 Å². The van der Waals surface area contributed by atoms with E-state index >= 15 is 0 Å². The smallest absolute Gasteiger partial charge is 0.338 e. The Labute approximate surface area is 170 Å². The Bertz CT molecular complexity index is 910. The highest BCUT2D eigenvalue weighted by Gasteiger charge is 2.34. The summed E-state index contributed by atoms with van der Waals surface area (Å²) in [7, 11) is -3.65. The quantitative estimate of drug-likeness (QED) is 0.705. The van der Waals surface area contributed by atoms with Crippen molar-refractivity contribution in [2.45, 2.75) is 55.4 Å². The Morgan fingerprint density at radius 2 is 1.83 bits per heavy atom. The Kier molecular flexibility index (Phi) is 6.55. The lowest BCUT2D eigenvalue weighted by atomic mass is 9.83. The third-order valence-corrected chi connectivity index (χ3v) is 7.30. The van der Waals surface area contributed by atoms with E-state index in [9.17, 15) is 23.3 Å². The molecule has 0 aromatic heterocycles. The van der Waals surface area contributed by atoms with E-state index in [1.807, 2.05) is 0 Å². The van der Waals surface area contributed by atoms with Crippen LogP contribution in [0.25, 0.3) is 0 Å². The van der Waals surface area contributed by atoms with Crippen LogP contribution in [-0.2, 0) is 19.6 Å². The number of hydrogen-bond donors (Lipinski definition) is 1. The van der Waals surface area contributed by atoms with E-state index in [1.54, 1.807) is 0 Å². The van der Waals surface area contributed by atoms with E-state index in [4.69, 9.17) is 4.74 Å². The van der Waals surface area contributed by atoms with Gasteiger partial charge < -0.3 is 10.1 Å². The molecule has 29 heavy (non-hydrogen) atoms. The number of esters is 1. The zero-order valence-electron chi connectivity index (χ0n) is 16.2. The van der Waals surface area contributed by atoms with E-state index in [-0.39, 0.29) is 10.5 Å². The molecular weight excluding hydrogens is 394 g/mol. The number of nitrogens with zero attached hydrogens (tertiary/aromatic N) is 2. The lowest BCUT2D eigenvalue weighted by Gasteiger charge is -2.31. The summed E-state index contributed by atoms with van der Waals surface area (Å²) >= 11 is 0. The number of amides is 1. The highest BCUT2D eigenvalue weighted by Crippen LogP contribution is 2.27. The molecule has 1 aromatic rings. The van der Waals surface area contributed by atoms with Crippen molar-refractivity contribution in [3.05, 3.63) is 29.8 Å². The van der Waals surface area contributed by atoms with Crippen molar-refractivity contribution in [3.8, 4) is 6.07 Å². The summed E-state index contributed by atoms with van der Waals surface area (Å²) in [6, 6.07) is 7.81. The first kappa shape index (κ1) is 21.3. The number of ether oxygens (including phenoxy) is 1. The molecule has 0 atom stereocenters. The van der Waals surface area contributed by atoms with Crippen LogP contribution in [0.2, 0.25) is 0 Å². The average Bonchev–Trinajstić information content (AvgIpc) is 3.28. The maximum Gasteiger partial charge on any atom is 0.338 e. The predicted octanol–water partition coefficient (Wildman–Crippen LogP) is 1.97. The topological polar surface area (TPSA) is 117 Å². The molecule has 1 N–H and O–H groups in total. The van der Waals surface area contributed by atoms with E-state index in [0.29, 0.717) is 25.9 Å². The van der Waals surface area contributed by atoms with Crippen LogP contribution in [0.5, 0.6) is 0 Å². The van der Waals surface area contributed by atoms with E-state index in [0.717, 1.165) is 32.1 Å². The molecule has 8 nitrogen and oxygen atoms in total. The number of rotatable bonds is 6. The number of carbonyl (C=O) groups is 2. The van der Waals surface area contributed by atoms with Crippen LogP contribution in [0, 0.1) is 11.3 Å².